The largest absolute Gasteiger partial charge is 0.350 e. The van der Waals surface area contributed by atoms with Gasteiger partial charge in [-0.1, -0.05) is 30.3 Å². The molecule has 3 rings (SSSR count). The smallest absolute Gasteiger partial charge is 0.216 e. The molecule has 1 fully saturated rings. The zero-order valence-corrected chi connectivity index (χ0v) is 16.9. The molecular weight excluding hydrogens is 358 g/mol. The summed E-state index contributed by atoms with van der Waals surface area (Å²) in [6, 6.07) is 14.2. The summed E-state index contributed by atoms with van der Waals surface area (Å²) in [5.41, 5.74) is 3.63. The van der Waals surface area contributed by atoms with E-state index in [1.807, 2.05) is 30.3 Å². The van der Waals surface area contributed by atoms with Crippen LogP contribution >= 0.6 is 0 Å². The van der Waals surface area contributed by atoms with Crippen molar-refractivity contribution < 1.29 is 8.42 Å². The normalized spacial score (nSPS) is 21.0. The number of benzene rings is 1. The monoisotopic (exact) mass is 385 g/mol. The molecule has 0 spiro atoms. The van der Waals surface area contributed by atoms with Gasteiger partial charge in [-0.3, -0.25) is 0 Å². The Morgan fingerprint density at radius 2 is 1.74 bits per heavy atom. The van der Waals surface area contributed by atoms with Gasteiger partial charge in [-0.05, 0) is 64.0 Å². The molecule has 0 saturated heterocycles. The van der Waals surface area contributed by atoms with E-state index in [-0.39, 0.29) is 6.04 Å². The van der Waals surface area contributed by atoms with Gasteiger partial charge >= 0.3 is 0 Å². The maximum absolute atomic E-state index is 12.4. The molecule has 2 aromatic rings. The fourth-order valence-corrected chi connectivity index (χ4v) is 4.58. The molecule has 5 nitrogen and oxygen atoms in total. The summed E-state index contributed by atoms with van der Waals surface area (Å²) in [4.78, 5) is 3.29. The lowest BCUT2D eigenvalue weighted by Crippen LogP contribution is -2.45. The maximum atomic E-state index is 12.4. The minimum atomic E-state index is -3.32. The minimum Gasteiger partial charge on any atom is -0.350 e. The van der Waals surface area contributed by atoms with Crippen molar-refractivity contribution in [1.82, 2.24) is 9.71 Å². The van der Waals surface area contributed by atoms with Gasteiger partial charge in [0, 0.05) is 17.3 Å². The van der Waals surface area contributed by atoms with E-state index in [0.717, 1.165) is 42.5 Å². The van der Waals surface area contributed by atoms with Crippen LogP contribution in [-0.4, -0.2) is 24.2 Å². The first-order valence-electron chi connectivity index (χ1n) is 9.41. The third-order valence-corrected chi connectivity index (χ3v) is 7.59. The Morgan fingerprint density at radius 3 is 2.30 bits per heavy atom. The number of hydrogen-bond donors (Lipinski definition) is 2. The van der Waals surface area contributed by atoms with Gasteiger partial charge in [0.1, 0.15) is 11.8 Å². The summed E-state index contributed by atoms with van der Waals surface area (Å²) in [6.07, 6.45) is 3.41. The summed E-state index contributed by atoms with van der Waals surface area (Å²) in [7, 11) is -3.32. The van der Waals surface area contributed by atoms with Crippen LogP contribution in [0.3, 0.4) is 0 Å². The SMILES string of the molecule is CC(C)(C)S(=O)(=O)NC1CCC(c2cc(-c3ccccc3)c(C#N)[nH]2)CC1. The van der Waals surface area contributed by atoms with Gasteiger partial charge in [-0.2, -0.15) is 5.26 Å². The number of nitrogens with one attached hydrogen (secondary N) is 2. The van der Waals surface area contributed by atoms with Crippen LogP contribution in [0, 0.1) is 11.3 Å². The Balaban J connectivity index is 1.70. The Hall–Kier alpha value is -2.10. The number of aromatic nitrogens is 1. The Morgan fingerprint density at radius 1 is 1.11 bits per heavy atom. The van der Waals surface area contributed by atoms with E-state index < -0.39 is 14.8 Å². The van der Waals surface area contributed by atoms with Crippen LogP contribution in [0.1, 0.15) is 63.8 Å². The van der Waals surface area contributed by atoms with Crippen molar-refractivity contribution in [3.63, 3.8) is 0 Å². The predicted molar refractivity (Wildman–Crippen MR) is 108 cm³/mol. The third kappa shape index (κ3) is 4.26. The van der Waals surface area contributed by atoms with Crippen LogP contribution in [0.25, 0.3) is 11.1 Å². The number of rotatable bonds is 4. The highest BCUT2D eigenvalue weighted by Crippen LogP contribution is 2.36. The van der Waals surface area contributed by atoms with Crippen LogP contribution in [0.5, 0.6) is 0 Å². The van der Waals surface area contributed by atoms with Gasteiger partial charge in [0.05, 0.1) is 4.75 Å². The maximum Gasteiger partial charge on any atom is 0.216 e. The molecule has 0 atom stereocenters. The molecular formula is C21H27N3O2S. The molecule has 27 heavy (non-hydrogen) atoms. The second-order valence-electron chi connectivity index (χ2n) is 8.27. The number of sulfonamides is 1. The first kappa shape index (κ1) is 19.7. The van der Waals surface area contributed by atoms with Crippen molar-refractivity contribution in [2.45, 2.75) is 63.2 Å². The van der Waals surface area contributed by atoms with Gasteiger partial charge in [-0.15, -0.1) is 0 Å². The summed E-state index contributed by atoms with van der Waals surface area (Å²) in [5, 5.41) is 9.48. The summed E-state index contributed by atoms with van der Waals surface area (Å²) < 4.78 is 26.8. The van der Waals surface area contributed by atoms with Crippen LogP contribution in [0.2, 0.25) is 0 Å². The quantitative estimate of drug-likeness (QED) is 0.823. The van der Waals surface area contributed by atoms with Crippen LogP contribution in [0.4, 0.5) is 0 Å². The van der Waals surface area contributed by atoms with Gasteiger partial charge in [0.2, 0.25) is 10.0 Å². The standard InChI is InChI=1S/C21H27N3O2S/c1-21(2,3)27(25,26)24-17-11-9-16(10-12-17)19-13-18(20(14-22)23-19)15-7-5-4-6-8-15/h4-8,13,16-17,23-24H,9-12H2,1-3H3. The molecule has 0 aliphatic heterocycles. The van der Waals surface area contributed by atoms with Crippen LogP contribution in [0.15, 0.2) is 36.4 Å². The van der Waals surface area contributed by atoms with E-state index in [4.69, 9.17) is 0 Å². The average molecular weight is 386 g/mol. The number of aromatic amines is 1. The Labute approximate surface area is 161 Å². The molecule has 1 aliphatic rings. The summed E-state index contributed by atoms with van der Waals surface area (Å²) in [5.74, 6) is 0.324. The fourth-order valence-electron chi connectivity index (χ4n) is 3.55. The number of H-pyrrole nitrogens is 1. The van der Waals surface area contributed by atoms with Crippen molar-refractivity contribution in [3.8, 4) is 17.2 Å². The van der Waals surface area contributed by atoms with E-state index in [0.29, 0.717) is 11.6 Å². The molecule has 0 bridgehead atoms. The molecule has 2 N–H and O–H groups in total. The first-order valence-corrected chi connectivity index (χ1v) is 10.9. The molecule has 1 saturated carbocycles. The molecule has 6 heteroatoms. The van der Waals surface area contributed by atoms with Gasteiger partial charge in [0.25, 0.3) is 0 Å². The van der Waals surface area contributed by atoms with Crippen molar-refractivity contribution >= 4 is 10.0 Å². The molecule has 1 aliphatic carbocycles. The van der Waals surface area contributed by atoms with Gasteiger partial charge < -0.3 is 4.98 Å². The molecule has 1 aromatic carbocycles. The molecule has 1 heterocycles. The molecule has 0 unspecified atom stereocenters. The van der Waals surface area contributed by atoms with Crippen molar-refractivity contribution in [3.05, 3.63) is 47.8 Å². The van der Waals surface area contributed by atoms with Crippen LogP contribution in [-0.2, 0) is 10.0 Å². The predicted octanol–water partition coefficient (Wildman–Crippen LogP) is 4.30. The highest BCUT2D eigenvalue weighted by Gasteiger charge is 2.33. The van der Waals surface area contributed by atoms with Crippen molar-refractivity contribution in [2.75, 3.05) is 0 Å². The number of nitriles is 1. The van der Waals surface area contributed by atoms with Crippen molar-refractivity contribution in [1.29, 1.82) is 5.26 Å². The van der Waals surface area contributed by atoms with Crippen LogP contribution < -0.4 is 4.72 Å². The van der Waals surface area contributed by atoms with Gasteiger partial charge in [-0.25, -0.2) is 13.1 Å². The number of nitrogens with zero attached hydrogens (tertiary/aromatic N) is 1. The zero-order valence-electron chi connectivity index (χ0n) is 16.1. The fraction of sp³-hybridized carbons (Fsp3) is 0.476. The molecule has 1 aromatic heterocycles. The highest BCUT2D eigenvalue weighted by molar-refractivity contribution is 7.90. The summed E-state index contributed by atoms with van der Waals surface area (Å²) >= 11 is 0. The second-order valence-corrected chi connectivity index (χ2v) is 10.7. The lowest BCUT2D eigenvalue weighted by atomic mass is 9.84. The zero-order chi connectivity index (χ0) is 19.7. The topological polar surface area (TPSA) is 85.8 Å². The second kappa shape index (κ2) is 7.49. The lowest BCUT2D eigenvalue weighted by molar-refractivity contribution is 0.368. The van der Waals surface area contributed by atoms with E-state index in [1.54, 1.807) is 20.8 Å². The summed E-state index contributed by atoms with van der Waals surface area (Å²) in [6.45, 7) is 5.15. The van der Waals surface area contributed by atoms with E-state index in [2.05, 4.69) is 21.8 Å². The molecule has 144 valence electrons. The lowest BCUT2D eigenvalue weighted by Gasteiger charge is -2.31. The number of hydrogen-bond acceptors (Lipinski definition) is 3. The molecule has 0 radical (unpaired) electrons. The van der Waals surface area contributed by atoms with Gasteiger partial charge in [0.15, 0.2) is 0 Å². The highest BCUT2D eigenvalue weighted by atomic mass is 32.2. The van der Waals surface area contributed by atoms with E-state index >= 15 is 0 Å². The first-order chi connectivity index (χ1) is 12.7. The van der Waals surface area contributed by atoms with E-state index in [9.17, 15) is 13.7 Å². The average Bonchev–Trinajstić information content (AvgIpc) is 3.06. The third-order valence-electron chi connectivity index (χ3n) is 5.33. The Kier molecular flexibility index (Phi) is 5.45. The Bertz CT molecular complexity index is 926. The molecule has 0 amide bonds. The minimum absolute atomic E-state index is 0.00975. The van der Waals surface area contributed by atoms with E-state index in [1.165, 1.54) is 0 Å². The van der Waals surface area contributed by atoms with Crippen molar-refractivity contribution in [2.24, 2.45) is 0 Å².